The van der Waals surface area contributed by atoms with Crippen LogP contribution in [0.4, 0.5) is 11.4 Å². The van der Waals surface area contributed by atoms with E-state index >= 15 is 0 Å². The van der Waals surface area contributed by atoms with Crippen LogP contribution in [-0.2, 0) is 0 Å². The fourth-order valence-corrected chi connectivity index (χ4v) is 3.90. The van der Waals surface area contributed by atoms with Crippen LogP contribution in [0.3, 0.4) is 0 Å². The van der Waals surface area contributed by atoms with E-state index in [9.17, 15) is 4.79 Å². The van der Waals surface area contributed by atoms with E-state index < -0.39 is 0 Å². The summed E-state index contributed by atoms with van der Waals surface area (Å²) >= 11 is 1.28. The number of amides is 1. The highest BCUT2D eigenvalue weighted by Gasteiger charge is 2.30. The van der Waals surface area contributed by atoms with Gasteiger partial charge in [0.15, 0.2) is 0 Å². The molecule has 0 aromatic carbocycles. The summed E-state index contributed by atoms with van der Waals surface area (Å²) in [5.41, 5.74) is 9.45. The van der Waals surface area contributed by atoms with Gasteiger partial charge in [-0.3, -0.25) is 4.79 Å². The van der Waals surface area contributed by atoms with E-state index in [4.69, 9.17) is 5.73 Å². The normalized spacial score (nSPS) is 14.6. The summed E-state index contributed by atoms with van der Waals surface area (Å²) in [7, 11) is 0. The molecule has 1 aliphatic rings. The Hall–Kier alpha value is -2.81. The van der Waals surface area contributed by atoms with Gasteiger partial charge in [0.2, 0.25) is 0 Å². The molecular formula is C16H17N7OS. The first-order chi connectivity index (χ1) is 12.0. The second-order valence-corrected chi connectivity index (χ2v) is 7.11. The van der Waals surface area contributed by atoms with E-state index in [1.807, 2.05) is 13.8 Å². The third-order valence-corrected chi connectivity index (χ3v) is 5.56. The predicted octanol–water partition coefficient (Wildman–Crippen LogP) is 1.30. The van der Waals surface area contributed by atoms with Crippen molar-refractivity contribution in [2.24, 2.45) is 0 Å². The number of fused-ring (bicyclic) bond motifs is 1. The number of hydrogen-bond donors (Lipinski definition) is 2. The molecule has 0 unspecified atom stereocenters. The molecular weight excluding hydrogens is 338 g/mol. The molecule has 0 aliphatic carbocycles. The van der Waals surface area contributed by atoms with Gasteiger partial charge >= 0.3 is 0 Å². The van der Waals surface area contributed by atoms with E-state index in [-0.39, 0.29) is 11.9 Å². The van der Waals surface area contributed by atoms with Crippen LogP contribution >= 0.6 is 11.3 Å². The van der Waals surface area contributed by atoms with Gasteiger partial charge in [0.1, 0.15) is 16.0 Å². The number of nitrogen functional groups attached to an aromatic ring is 1. The van der Waals surface area contributed by atoms with Crippen molar-refractivity contribution in [2.45, 2.75) is 19.9 Å². The number of thiophene rings is 1. The maximum Gasteiger partial charge on any atom is 0.263 e. The van der Waals surface area contributed by atoms with Gasteiger partial charge in [0.05, 0.1) is 35.5 Å². The zero-order chi connectivity index (χ0) is 17.6. The maximum absolute atomic E-state index is 12.6. The first-order valence-electron chi connectivity index (χ1n) is 7.87. The fraction of sp³-hybridized carbons (Fsp3) is 0.312. The Kier molecular flexibility index (Phi) is 3.72. The number of nitrogens with zero attached hydrogens (tertiary/aromatic N) is 5. The average Bonchev–Trinajstić information content (AvgIpc) is 2.92. The van der Waals surface area contributed by atoms with E-state index in [0.29, 0.717) is 15.4 Å². The average molecular weight is 355 g/mol. The molecule has 4 heterocycles. The van der Waals surface area contributed by atoms with Crippen LogP contribution in [-0.4, -0.2) is 45.2 Å². The van der Waals surface area contributed by atoms with Crippen molar-refractivity contribution in [1.29, 1.82) is 0 Å². The summed E-state index contributed by atoms with van der Waals surface area (Å²) in [5, 5.41) is 12.1. The highest BCUT2D eigenvalue weighted by Crippen LogP contribution is 2.35. The summed E-state index contributed by atoms with van der Waals surface area (Å²) in [6.45, 7) is 5.28. The first kappa shape index (κ1) is 15.7. The molecule has 0 bridgehead atoms. The van der Waals surface area contributed by atoms with Crippen molar-refractivity contribution in [3.63, 3.8) is 0 Å². The number of nitrogens with one attached hydrogen (secondary N) is 1. The van der Waals surface area contributed by atoms with Crippen molar-refractivity contribution in [3.05, 3.63) is 34.9 Å². The van der Waals surface area contributed by atoms with E-state index in [1.54, 1.807) is 12.4 Å². The van der Waals surface area contributed by atoms with Gasteiger partial charge in [-0.25, -0.2) is 9.97 Å². The van der Waals surface area contributed by atoms with Gasteiger partial charge in [0, 0.05) is 18.5 Å². The minimum Gasteiger partial charge on any atom is -0.397 e. The van der Waals surface area contributed by atoms with Gasteiger partial charge in [-0.2, -0.15) is 5.10 Å². The largest absolute Gasteiger partial charge is 0.397 e. The Morgan fingerprint density at radius 3 is 2.72 bits per heavy atom. The number of rotatable bonds is 3. The quantitative estimate of drug-likeness (QED) is 0.728. The topological polar surface area (TPSA) is 110 Å². The van der Waals surface area contributed by atoms with Gasteiger partial charge < -0.3 is 16.0 Å². The Balaban J connectivity index is 1.49. The lowest BCUT2D eigenvalue weighted by Gasteiger charge is -2.40. The van der Waals surface area contributed by atoms with Crippen LogP contribution in [0, 0.1) is 13.8 Å². The molecule has 1 saturated heterocycles. The maximum atomic E-state index is 12.6. The third-order valence-electron chi connectivity index (χ3n) is 4.47. The number of carbonyl (C=O) groups is 1. The van der Waals surface area contributed by atoms with Crippen molar-refractivity contribution < 1.29 is 4.79 Å². The lowest BCUT2D eigenvalue weighted by molar-refractivity contribution is 0.0935. The fourth-order valence-electron chi connectivity index (χ4n) is 2.90. The lowest BCUT2D eigenvalue weighted by Crippen LogP contribution is -2.59. The van der Waals surface area contributed by atoms with Crippen LogP contribution in [0.1, 0.15) is 20.9 Å². The van der Waals surface area contributed by atoms with E-state index in [2.05, 4.69) is 30.4 Å². The molecule has 3 N–H and O–H groups in total. The lowest BCUT2D eigenvalue weighted by atomic mass is 10.1. The van der Waals surface area contributed by atoms with E-state index in [1.165, 1.54) is 17.7 Å². The molecule has 3 aromatic heterocycles. The summed E-state index contributed by atoms with van der Waals surface area (Å²) < 4.78 is 0. The third kappa shape index (κ3) is 2.66. The first-order valence-corrected chi connectivity index (χ1v) is 8.69. The molecule has 128 valence electrons. The standard InChI is InChI=1S/C16H17N7OS/c1-8-9(2)21-22-16-12(8)13(17)14(25-16)15(24)20-10-5-23(6-10)11-3-18-7-19-4-11/h3-4,7,10H,5-6,17H2,1-2H3,(H,20,24). The summed E-state index contributed by atoms with van der Waals surface area (Å²) in [4.78, 5) is 23.9. The van der Waals surface area contributed by atoms with Crippen molar-refractivity contribution in [3.8, 4) is 0 Å². The van der Waals surface area contributed by atoms with Gasteiger partial charge in [-0.05, 0) is 19.4 Å². The van der Waals surface area contributed by atoms with Crippen LogP contribution in [0.15, 0.2) is 18.7 Å². The monoisotopic (exact) mass is 355 g/mol. The Bertz CT molecular complexity index is 950. The second-order valence-electron chi connectivity index (χ2n) is 6.11. The van der Waals surface area contributed by atoms with Crippen LogP contribution in [0.25, 0.3) is 10.2 Å². The highest BCUT2D eigenvalue weighted by molar-refractivity contribution is 7.21. The molecule has 9 heteroatoms. The van der Waals surface area contributed by atoms with Gasteiger partial charge in [-0.15, -0.1) is 16.4 Å². The zero-order valence-corrected chi connectivity index (χ0v) is 14.7. The molecule has 8 nitrogen and oxygen atoms in total. The predicted molar refractivity (Wildman–Crippen MR) is 96.8 cm³/mol. The number of carbonyl (C=O) groups excluding carboxylic acids is 1. The highest BCUT2D eigenvalue weighted by atomic mass is 32.1. The van der Waals surface area contributed by atoms with Gasteiger partial charge in [-0.1, -0.05) is 0 Å². The molecule has 1 aliphatic heterocycles. The van der Waals surface area contributed by atoms with Crippen LogP contribution in [0.5, 0.6) is 0 Å². The van der Waals surface area contributed by atoms with E-state index in [0.717, 1.165) is 35.4 Å². The Morgan fingerprint density at radius 1 is 1.28 bits per heavy atom. The van der Waals surface area contributed by atoms with Crippen molar-refractivity contribution >= 4 is 38.8 Å². The Morgan fingerprint density at radius 2 is 2.00 bits per heavy atom. The van der Waals surface area contributed by atoms with Crippen molar-refractivity contribution in [2.75, 3.05) is 23.7 Å². The summed E-state index contributed by atoms with van der Waals surface area (Å²) in [5.74, 6) is -0.161. The van der Waals surface area contributed by atoms with Crippen LogP contribution < -0.4 is 16.0 Å². The molecule has 1 fully saturated rings. The smallest absolute Gasteiger partial charge is 0.263 e. The second kappa shape index (κ2) is 5.92. The molecule has 1 amide bonds. The zero-order valence-electron chi connectivity index (χ0n) is 13.9. The minimum atomic E-state index is -0.161. The van der Waals surface area contributed by atoms with Gasteiger partial charge in [0.25, 0.3) is 5.91 Å². The number of anilines is 2. The molecule has 0 radical (unpaired) electrons. The minimum absolute atomic E-state index is 0.0752. The summed E-state index contributed by atoms with van der Waals surface area (Å²) in [6.07, 6.45) is 5.02. The van der Waals surface area contributed by atoms with Crippen molar-refractivity contribution in [1.82, 2.24) is 25.5 Å². The Labute approximate surface area is 148 Å². The summed E-state index contributed by atoms with van der Waals surface area (Å²) in [6, 6.07) is 0.0752. The molecule has 25 heavy (non-hydrogen) atoms. The molecule has 0 saturated carbocycles. The molecule has 0 atom stereocenters. The number of aryl methyl sites for hydroxylation is 2. The number of aromatic nitrogens is 4. The molecule has 0 spiro atoms. The molecule has 4 rings (SSSR count). The number of nitrogens with two attached hydrogens (primary N) is 1. The SMILES string of the molecule is Cc1nnc2sc(C(=O)NC3CN(c4cncnc4)C3)c(N)c2c1C. The molecule has 3 aromatic rings. The number of hydrogen-bond acceptors (Lipinski definition) is 8. The van der Waals surface area contributed by atoms with Crippen LogP contribution in [0.2, 0.25) is 0 Å².